The molecule has 0 aliphatic carbocycles. The number of hydrogen-bond donors (Lipinski definition) is 2. The molecule has 0 saturated carbocycles. The van der Waals surface area contributed by atoms with Crippen molar-refractivity contribution < 1.29 is 9.84 Å². The van der Waals surface area contributed by atoms with Gasteiger partial charge in [0.15, 0.2) is 5.88 Å². The molecule has 1 aromatic heterocycles. The van der Waals surface area contributed by atoms with Gasteiger partial charge >= 0.3 is 0 Å². The number of benzene rings is 1. The van der Waals surface area contributed by atoms with Crippen LogP contribution in [0.25, 0.3) is 10.9 Å². The van der Waals surface area contributed by atoms with Gasteiger partial charge in [-0.15, -0.1) is 0 Å². The molecule has 4 heteroatoms. The van der Waals surface area contributed by atoms with Crippen molar-refractivity contribution >= 4 is 17.1 Å². The number of para-hydroxylation sites is 1. The van der Waals surface area contributed by atoms with Gasteiger partial charge in [-0.05, 0) is 18.9 Å². The molecule has 0 unspecified atom stereocenters. The van der Waals surface area contributed by atoms with Gasteiger partial charge in [0.1, 0.15) is 0 Å². The maximum Gasteiger partial charge on any atom is 0.198 e. The van der Waals surface area contributed by atoms with Crippen LogP contribution in [0.2, 0.25) is 0 Å². The van der Waals surface area contributed by atoms with E-state index in [1.165, 1.54) is 0 Å². The summed E-state index contributed by atoms with van der Waals surface area (Å²) in [5.41, 5.74) is 1.68. The molecule has 0 spiro atoms. The third-order valence-electron chi connectivity index (χ3n) is 3.28. The summed E-state index contributed by atoms with van der Waals surface area (Å²) in [6.07, 6.45) is 4.18. The van der Waals surface area contributed by atoms with E-state index in [0.717, 1.165) is 35.9 Å². The molecule has 94 valence electrons. The Bertz CT molecular complexity index is 568. The zero-order valence-electron chi connectivity index (χ0n) is 10.1. The number of H-pyrrole nitrogens is 1. The summed E-state index contributed by atoms with van der Waals surface area (Å²) in [6.45, 7) is 1.51. The van der Waals surface area contributed by atoms with Crippen LogP contribution in [0.5, 0.6) is 5.88 Å². The predicted molar refractivity (Wildman–Crippen MR) is 71.4 cm³/mol. The molecule has 0 radical (unpaired) electrons. The quantitative estimate of drug-likeness (QED) is 0.815. The first-order valence-electron chi connectivity index (χ1n) is 6.25. The Morgan fingerprint density at radius 1 is 1.44 bits per heavy atom. The largest absolute Gasteiger partial charge is 0.494 e. The Balaban J connectivity index is 1.80. The number of nitrogens with zero attached hydrogens (tertiary/aromatic N) is 1. The van der Waals surface area contributed by atoms with Crippen molar-refractivity contribution in [2.75, 3.05) is 13.2 Å². The van der Waals surface area contributed by atoms with Gasteiger partial charge in [-0.1, -0.05) is 18.2 Å². The molecular formula is C14H16N2O2. The summed E-state index contributed by atoms with van der Waals surface area (Å²) in [5, 5.41) is 10.8. The Labute approximate surface area is 105 Å². The van der Waals surface area contributed by atoms with Gasteiger partial charge in [0.25, 0.3) is 0 Å². The molecule has 2 N–H and O–H groups in total. The number of aromatic amines is 1. The van der Waals surface area contributed by atoms with E-state index >= 15 is 0 Å². The maximum absolute atomic E-state index is 9.85. The summed E-state index contributed by atoms with van der Waals surface area (Å²) in [7, 11) is 0. The number of aliphatic imine (C=N–C) groups is 1. The Kier molecular flexibility index (Phi) is 3.02. The number of aromatic nitrogens is 1. The van der Waals surface area contributed by atoms with Crippen molar-refractivity contribution in [3.8, 4) is 5.88 Å². The van der Waals surface area contributed by atoms with Gasteiger partial charge in [-0.25, -0.2) is 0 Å². The highest BCUT2D eigenvalue weighted by Crippen LogP contribution is 2.25. The van der Waals surface area contributed by atoms with E-state index in [1.807, 2.05) is 24.3 Å². The number of rotatable bonds is 3. The molecule has 2 aromatic rings. The summed E-state index contributed by atoms with van der Waals surface area (Å²) in [6, 6.07) is 7.80. The third kappa shape index (κ3) is 2.11. The van der Waals surface area contributed by atoms with E-state index in [-0.39, 0.29) is 12.0 Å². The average Bonchev–Trinajstić information content (AvgIpc) is 2.98. The standard InChI is InChI=1S/C14H16N2O2/c17-14-12(9-15-8-10-4-3-7-18-10)11-5-1-2-6-13(11)16-14/h1-2,5-6,9-10,16-17H,3-4,7-8H2/t10-/m1/s1. The lowest BCUT2D eigenvalue weighted by molar-refractivity contribution is 0.118. The summed E-state index contributed by atoms with van der Waals surface area (Å²) in [4.78, 5) is 7.32. The van der Waals surface area contributed by atoms with Gasteiger partial charge in [0.05, 0.1) is 18.2 Å². The van der Waals surface area contributed by atoms with Crippen LogP contribution < -0.4 is 0 Å². The van der Waals surface area contributed by atoms with Crippen LogP contribution in [-0.4, -0.2) is 35.6 Å². The van der Waals surface area contributed by atoms with E-state index in [0.29, 0.717) is 6.54 Å². The van der Waals surface area contributed by atoms with E-state index < -0.39 is 0 Å². The normalized spacial score (nSPS) is 20.1. The van der Waals surface area contributed by atoms with Gasteiger partial charge in [-0.2, -0.15) is 0 Å². The SMILES string of the molecule is Oc1[nH]c2ccccc2c1C=NC[C@H]1CCCO1. The van der Waals surface area contributed by atoms with Crippen LogP contribution in [0.3, 0.4) is 0 Å². The topological polar surface area (TPSA) is 57.6 Å². The summed E-state index contributed by atoms with van der Waals surface area (Å²) < 4.78 is 5.51. The van der Waals surface area contributed by atoms with Crippen molar-refractivity contribution in [1.29, 1.82) is 0 Å². The van der Waals surface area contributed by atoms with E-state index in [9.17, 15) is 5.11 Å². The van der Waals surface area contributed by atoms with Gasteiger partial charge in [0.2, 0.25) is 0 Å². The lowest BCUT2D eigenvalue weighted by Gasteiger charge is -2.03. The molecule has 0 amide bonds. The van der Waals surface area contributed by atoms with Crippen molar-refractivity contribution in [2.24, 2.45) is 4.99 Å². The molecule has 1 aliphatic rings. The third-order valence-corrected chi connectivity index (χ3v) is 3.28. The minimum Gasteiger partial charge on any atom is -0.494 e. The molecule has 18 heavy (non-hydrogen) atoms. The molecule has 3 rings (SSSR count). The zero-order chi connectivity index (χ0) is 12.4. The molecular weight excluding hydrogens is 228 g/mol. The first-order valence-corrected chi connectivity index (χ1v) is 6.25. The lowest BCUT2D eigenvalue weighted by atomic mass is 10.2. The van der Waals surface area contributed by atoms with Crippen LogP contribution >= 0.6 is 0 Å². The Morgan fingerprint density at radius 3 is 3.17 bits per heavy atom. The van der Waals surface area contributed by atoms with Crippen LogP contribution in [-0.2, 0) is 4.74 Å². The molecule has 4 nitrogen and oxygen atoms in total. The van der Waals surface area contributed by atoms with Crippen molar-refractivity contribution in [1.82, 2.24) is 4.98 Å². The van der Waals surface area contributed by atoms with Crippen LogP contribution in [0.4, 0.5) is 0 Å². The van der Waals surface area contributed by atoms with E-state index in [2.05, 4.69) is 9.98 Å². The Morgan fingerprint density at radius 2 is 2.33 bits per heavy atom. The van der Waals surface area contributed by atoms with Gasteiger partial charge in [0, 0.05) is 23.7 Å². The van der Waals surface area contributed by atoms with Crippen LogP contribution in [0.15, 0.2) is 29.3 Å². The highest BCUT2D eigenvalue weighted by molar-refractivity contribution is 6.01. The van der Waals surface area contributed by atoms with Crippen molar-refractivity contribution in [3.05, 3.63) is 29.8 Å². The highest BCUT2D eigenvalue weighted by atomic mass is 16.5. The minimum atomic E-state index is 0.173. The fourth-order valence-corrected chi connectivity index (χ4v) is 2.33. The monoisotopic (exact) mass is 244 g/mol. The Hall–Kier alpha value is -1.81. The second-order valence-corrected chi connectivity index (χ2v) is 4.56. The second kappa shape index (κ2) is 4.82. The molecule has 2 heterocycles. The molecule has 1 atom stereocenters. The van der Waals surface area contributed by atoms with E-state index in [1.54, 1.807) is 6.21 Å². The lowest BCUT2D eigenvalue weighted by Crippen LogP contribution is -2.08. The van der Waals surface area contributed by atoms with Crippen LogP contribution in [0.1, 0.15) is 18.4 Å². The first-order chi connectivity index (χ1) is 8.84. The molecule has 1 fully saturated rings. The summed E-state index contributed by atoms with van der Waals surface area (Å²) in [5.74, 6) is 0.173. The average molecular weight is 244 g/mol. The van der Waals surface area contributed by atoms with Gasteiger partial charge in [-0.3, -0.25) is 4.99 Å². The predicted octanol–water partition coefficient (Wildman–Crippen LogP) is 2.47. The fraction of sp³-hybridized carbons (Fsp3) is 0.357. The molecule has 1 aromatic carbocycles. The van der Waals surface area contributed by atoms with Gasteiger partial charge < -0.3 is 14.8 Å². The zero-order valence-corrected chi connectivity index (χ0v) is 10.1. The highest BCUT2D eigenvalue weighted by Gasteiger charge is 2.14. The minimum absolute atomic E-state index is 0.173. The number of aromatic hydroxyl groups is 1. The number of nitrogens with one attached hydrogen (secondary N) is 1. The van der Waals surface area contributed by atoms with Crippen LogP contribution in [0, 0.1) is 0 Å². The number of hydrogen-bond acceptors (Lipinski definition) is 3. The van der Waals surface area contributed by atoms with Crippen molar-refractivity contribution in [2.45, 2.75) is 18.9 Å². The molecule has 0 bridgehead atoms. The second-order valence-electron chi connectivity index (χ2n) is 4.56. The summed E-state index contributed by atoms with van der Waals surface area (Å²) >= 11 is 0. The molecule has 1 saturated heterocycles. The number of fused-ring (bicyclic) bond motifs is 1. The number of ether oxygens (including phenoxy) is 1. The fourth-order valence-electron chi connectivity index (χ4n) is 2.33. The molecule has 1 aliphatic heterocycles. The first kappa shape index (κ1) is 11.3. The van der Waals surface area contributed by atoms with E-state index in [4.69, 9.17) is 4.74 Å². The van der Waals surface area contributed by atoms with Crippen molar-refractivity contribution in [3.63, 3.8) is 0 Å². The maximum atomic E-state index is 9.85. The smallest absolute Gasteiger partial charge is 0.198 e.